The van der Waals surface area contributed by atoms with Gasteiger partial charge in [-0.2, -0.15) is 0 Å². The van der Waals surface area contributed by atoms with Crippen molar-refractivity contribution in [3.63, 3.8) is 0 Å². The monoisotopic (exact) mass is 385 g/mol. The Morgan fingerprint density at radius 1 is 1.12 bits per heavy atom. The second-order valence-electron chi connectivity index (χ2n) is 8.89. The average molecular weight is 386 g/mol. The fourth-order valence-electron chi connectivity index (χ4n) is 4.04. The lowest BCUT2D eigenvalue weighted by Crippen LogP contribution is -2.54. The van der Waals surface area contributed by atoms with Crippen LogP contribution in [0.2, 0.25) is 0 Å². The van der Waals surface area contributed by atoms with E-state index in [-0.39, 0.29) is 23.7 Å². The van der Waals surface area contributed by atoms with Crippen molar-refractivity contribution in [2.45, 2.75) is 59.9 Å². The number of sulfonamides is 1. The molecule has 0 radical (unpaired) electrons. The Kier molecular flexibility index (Phi) is 7.68. The fraction of sp³-hybridized carbons (Fsp3) is 0.800. The molecule has 0 fully saturated rings. The van der Waals surface area contributed by atoms with Crippen LogP contribution in [0.1, 0.15) is 54.4 Å². The Morgan fingerprint density at radius 2 is 1.65 bits per heavy atom. The summed E-state index contributed by atoms with van der Waals surface area (Å²) in [6.07, 6.45) is 3.82. The second-order valence-corrected chi connectivity index (χ2v) is 10.4. The van der Waals surface area contributed by atoms with Gasteiger partial charge in [-0.05, 0) is 62.4 Å². The van der Waals surface area contributed by atoms with E-state index < -0.39 is 15.6 Å². The van der Waals surface area contributed by atoms with Gasteiger partial charge < -0.3 is 10.6 Å². The molecule has 0 aromatic rings. The van der Waals surface area contributed by atoms with Gasteiger partial charge in [-0.1, -0.05) is 47.6 Å². The molecule has 0 aromatic heterocycles. The highest BCUT2D eigenvalue weighted by molar-refractivity contribution is 7.93. The molecule has 0 aliphatic heterocycles. The molecule has 152 valence electrons. The van der Waals surface area contributed by atoms with Gasteiger partial charge in [-0.3, -0.25) is 0 Å². The van der Waals surface area contributed by atoms with Crippen molar-refractivity contribution in [1.82, 2.24) is 4.90 Å². The van der Waals surface area contributed by atoms with Crippen LogP contribution >= 0.6 is 0 Å². The summed E-state index contributed by atoms with van der Waals surface area (Å²) in [6, 6.07) is 0. The Hall–Kier alpha value is -0.690. The molecule has 0 spiro atoms. The number of rotatable bonds is 8. The quantitative estimate of drug-likeness (QED) is 0.672. The highest BCUT2D eigenvalue weighted by Crippen LogP contribution is 2.47. The fourth-order valence-corrected chi connectivity index (χ4v) is 5.37. The van der Waals surface area contributed by atoms with E-state index in [1.807, 2.05) is 47.9 Å². The van der Waals surface area contributed by atoms with Crippen LogP contribution in [-0.2, 0) is 10.0 Å². The van der Waals surface area contributed by atoms with E-state index in [0.717, 1.165) is 30.5 Å². The Bertz CT molecular complexity index is 661. The Labute approximate surface area is 160 Å². The standard InChI is InChI=1S/C20H39N3O2S/c1-13(2)16-12-20(21,15(5)6)17(10-9-11-23(7)8)18(14(3)4)19(16)26(22,24)25/h12-15,17H,9-11,21H2,1-8H3,(H2,22,24,25). The largest absolute Gasteiger partial charge is 0.321 e. The van der Waals surface area contributed by atoms with Gasteiger partial charge >= 0.3 is 0 Å². The molecule has 1 aliphatic rings. The molecule has 5 nitrogen and oxygen atoms in total. The predicted octanol–water partition coefficient (Wildman–Crippen LogP) is 3.09. The summed E-state index contributed by atoms with van der Waals surface area (Å²) in [5, 5.41) is 5.69. The minimum absolute atomic E-state index is 0.0294. The number of nitrogens with two attached hydrogens (primary N) is 2. The van der Waals surface area contributed by atoms with Gasteiger partial charge in [0, 0.05) is 11.5 Å². The van der Waals surface area contributed by atoms with Crippen molar-refractivity contribution in [3.8, 4) is 0 Å². The van der Waals surface area contributed by atoms with E-state index in [9.17, 15) is 8.42 Å². The van der Waals surface area contributed by atoms with Gasteiger partial charge in [0.05, 0.1) is 4.91 Å². The lowest BCUT2D eigenvalue weighted by atomic mass is 9.64. The molecule has 0 aromatic carbocycles. The summed E-state index contributed by atoms with van der Waals surface area (Å²) in [5.74, 6) is 0.271. The molecule has 1 aliphatic carbocycles. The van der Waals surface area contributed by atoms with Crippen LogP contribution in [0, 0.1) is 23.7 Å². The first kappa shape index (κ1) is 23.3. The zero-order chi connectivity index (χ0) is 20.4. The average Bonchev–Trinajstić information content (AvgIpc) is 2.45. The van der Waals surface area contributed by atoms with Gasteiger partial charge in [0.25, 0.3) is 0 Å². The first-order valence-corrected chi connectivity index (χ1v) is 11.2. The molecule has 0 heterocycles. The third-order valence-electron chi connectivity index (χ3n) is 5.54. The van der Waals surface area contributed by atoms with E-state index in [1.54, 1.807) is 0 Å². The summed E-state index contributed by atoms with van der Waals surface area (Å²) < 4.78 is 25.1. The summed E-state index contributed by atoms with van der Waals surface area (Å²) in [4.78, 5) is 2.48. The number of hydrogen-bond acceptors (Lipinski definition) is 4. The van der Waals surface area contributed by atoms with Gasteiger partial charge in [0.1, 0.15) is 0 Å². The summed E-state index contributed by atoms with van der Waals surface area (Å²) >= 11 is 0. The molecule has 0 saturated carbocycles. The van der Waals surface area contributed by atoms with Gasteiger partial charge in [0.15, 0.2) is 0 Å². The smallest absolute Gasteiger partial charge is 0.238 e. The molecule has 1 rings (SSSR count). The van der Waals surface area contributed by atoms with Gasteiger partial charge in [0.2, 0.25) is 10.0 Å². The van der Waals surface area contributed by atoms with Crippen molar-refractivity contribution in [1.29, 1.82) is 0 Å². The Morgan fingerprint density at radius 3 is 2.00 bits per heavy atom. The summed E-state index contributed by atoms with van der Waals surface area (Å²) in [5.41, 5.74) is 8.08. The first-order valence-electron chi connectivity index (χ1n) is 9.67. The lowest BCUT2D eigenvalue weighted by molar-refractivity contribution is 0.242. The van der Waals surface area contributed by atoms with Crippen LogP contribution in [0.5, 0.6) is 0 Å². The minimum Gasteiger partial charge on any atom is -0.321 e. The molecule has 0 amide bonds. The van der Waals surface area contributed by atoms with Crippen LogP contribution in [0.4, 0.5) is 0 Å². The maximum absolute atomic E-state index is 12.6. The SMILES string of the molecule is CC(C)C1=CC(N)(C(C)C)C(CCCN(C)C)C(C(C)C)=C1S(N)(=O)=O. The van der Waals surface area contributed by atoms with Gasteiger partial charge in [-0.25, -0.2) is 13.6 Å². The van der Waals surface area contributed by atoms with E-state index in [1.165, 1.54) is 0 Å². The van der Waals surface area contributed by atoms with Crippen molar-refractivity contribution >= 4 is 10.0 Å². The molecular weight excluding hydrogens is 346 g/mol. The first-order chi connectivity index (χ1) is 11.7. The van der Waals surface area contributed by atoms with Crippen LogP contribution in [0.3, 0.4) is 0 Å². The molecule has 0 bridgehead atoms. The molecule has 26 heavy (non-hydrogen) atoms. The van der Waals surface area contributed by atoms with E-state index in [2.05, 4.69) is 18.7 Å². The maximum atomic E-state index is 12.6. The predicted molar refractivity (Wildman–Crippen MR) is 111 cm³/mol. The van der Waals surface area contributed by atoms with E-state index in [0.29, 0.717) is 4.91 Å². The third-order valence-corrected chi connectivity index (χ3v) is 6.58. The molecular formula is C20H39N3O2S. The number of allylic oxidation sites excluding steroid dienone is 1. The van der Waals surface area contributed by atoms with E-state index >= 15 is 0 Å². The lowest BCUT2D eigenvalue weighted by Gasteiger charge is -2.46. The van der Waals surface area contributed by atoms with Crippen LogP contribution in [0.25, 0.3) is 0 Å². The summed E-state index contributed by atoms with van der Waals surface area (Å²) in [7, 11) is 0.274. The van der Waals surface area contributed by atoms with Crippen molar-refractivity contribution < 1.29 is 8.42 Å². The third kappa shape index (κ3) is 4.97. The zero-order valence-corrected chi connectivity index (χ0v) is 18.7. The molecule has 2 atom stereocenters. The normalized spacial score (nSPS) is 25.0. The van der Waals surface area contributed by atoms with Crippen molar-refractivity contribution in [3.05, 3.63) is 22.1 Å². The zero-order valence-electron chi connectivity index (χ0n) is 17.8. The molecule has 4 N–H and O–H groups in total. The van der Waals surface area contributed by atoms with Crippen LogP contribution in [0.15, 0.2) is 22.1 Å². The maximum Gasteiger partial charge on any atom is 0.238 e. The molecule has 2 unspecified atom stereocenters. The van der Waals surface area contributed by atoms with Crippen molar-refractivity contribution in [2.24, 2.45) is 34.5 Å². The highest BCUT2D eigenvalue weighted by atomic mass is 32.2. The minimum atomic E-state index is -3.82. The molecule has 6 heteroatoms. The van der Waals surface area contributed by atoms with E-state index in [4.69, 9.17) is 10.9 Å². The highest BCUT2D eigenvalue weighted by Gasteiger charge is 2.45. The van der Waals surface area contributed by atoms with Crippen molar-refractivity contribution in [2.75, 3.05) is 20.6 Å². The van der Waals surface area contributed by atoms with Crippen LogP contribution < -0.4 is 10.9 Å². The Balaban J connectivity index is 3.66. The summed E-state index contributed by atoms with van der Waals surface area (Å²) in [6.45, 7) is 13.3. The van der Waals surface area contributed by atoms with Gasteiger partial charge in [-0.15, -0.1) is 0 Å². The number of hydrogen-bond donors (Lipinski definition) is 2. The molecule has 0 saturated heterocycles. The topological polar surface area (TPSA) is 89.4 Å². The second kappa shape index (κ2) is 8.55. The number of nitrogens with zero attached hydrogens (tertiary/aromatic N) is 1. The number of primary sulfonamides is 1. The van der Waals surface area contributed by atoms with Crippen LogP contribution in [-0.4, -0.2) is 39.5 Å².